The summed E-state index contributed by atoms with van der Waals surface area (Å²) in [7, 11) is 0. The van der Waals surface area contributed by atoms with Gasteiger partial charge in [-0.1, -0.05) is 6.92 Å². The van der Waals surface area contributed by atoms with Crippen LogP contribution in [0.15, 0.2) is 12.5 Å². The third kappa shape index (κ3) is 3.79. The Hall–Kier alpha value is -1.14. The summed E-state index contributed by atoms with van der Waals surface area (Å²) in [5, 5.41) is 9.33. The summed E-state index contributed by atoms with van der Waals surface area (Å²) in [4.78, 5) is 18.6. The number of hydrogen-bond acceptors (Lipinski definition) is 5. The van der Waals surface area contributed by atoms with Gasteiger partial charge >= 0.3 is 5.97 Å². The summed E-state index contributed by atoms with van der Waals surface area (Å²) in [5.74, 6) is -0.409. The minimum Gasteiger partial charge on any atom is -0.478 e. The molecule has 1 heterocycles. The van der Waals surface area contributed by atoms with Crippen LogP contribution in [-0.2, 0) is 5.75 Å². The maximum atomic E-state index is 10.9. The summed E-state index contributed by atoms with van der Waals surface area (Å²) < 4.78 is 0. The Labute approximate surface area is 98.5 Å². The zero-order valence-corrected chi connectivity index (χ0v) is 9.91. The van der Waals surface area contributed by atoms with E-state index in [1.807, 2.05) is 0 Å². The average molecular weight is 241 g/mol. The number of nitrogens with zero attached hydrogens (tertiary/aromatic N) is 2. The molecule has 1 unspecified atom stereocenters. The maximum Gasteiger partial charge on any atom is 0.339 e. The summed E-state index contributed by atoms with van der Waals surface area (Å²) in [6.07, 6.45) is 3.62. The van der Waals surface area contributed by atoms with Gasteiger partial charge in [-0.25, -0.2) is 14.8 Å². The zero-order chi connectivity index (χ0) is 12.0. The number of thioether (sulfide) groups is 1. The number of aromatic carboxylic acids is 1. The van der Waals surface area contributed by atoms with Crippen molar-refractivity contribution >= 4 is 17.7 Å². The fourth-order valence-corrected chi connectivity index (χ4v) is 2.16. The van der Waals surface area contributed by atoms with Crippen LogP contribution in [0.3, 0.4) is 0 Å². The van der Waals surface area contributed by atoms with Crippen LogP contribution >= 0.6 is 11.8 Å². The highest BCUT2D eigenvalue weighted by Gasteiger charge is 2.12. The van der Waals surface area contributed by atoms with Crippen molar-refractivity contribution in [2.24, 2.45) is 5.73 Å². The van der Waals surface area contributed by atoms with Crippen LogP contribution in [0.5, 0.6) is 0 Å². The van der Waals surface area contributed by atoms with Crippen LogP contribution in [0.4, 0.5) is 0 Å². The smallest absolute Gasteiger partial charge is 0.339 e. The molecule has 88 valence electrons. The third-order valence-electron chi connectivity index (χ3n) is 2.10. The molecule has 0 fully saturated rings. The monoisotopic (exact) mass is 241 g/mol. The zero-order valence-electron chi connectivity index (χ0n) is 9.09. The lowest BCUT2D eigenvalue weighted by Gasteiger charge is -2.09. The van der Waals surface area contributed by atoms with Crippen LogP contribution in [-0.4, -0.2) is 32.8 Å². The Balaban J connectivity index is 2.63. The van der Waals surface area contributed by atoms with Crippen LogP contribution < -0.4 is 5.73 Å². The fourth-order valence-electron chi connectivity index (χ4n) is 1.19. The van der Waals surface area contributed by atoms with E-state index in [-0.39, 0.29) is 5.56 Å². The van der Waals surface area contributed by atoms with Gasteiger partial charge in [0, 0.05) is 17.2 Å². The van der Waals surface area contributed by atoms with Gasteiger partial charge in [-0.05, 0) is 13.0 Å². The summed E-state index contributed by atoms with van der Waals surface area (Å²) >= 11 is 1.65. The molecule has 0 aromatic carbocycles. The van der Waals surface area contributed by atoms with Gasteiger partial charge in [-0.3, -0.25) is 0 Å². The fraction of sp³-hybridized carbons (Fsp3) is 0.500. The lowest BCUT2D eigenvalue weighted by molar-refractivity contribution is 0.0695. The molecule has 0 spiro atoms. The van der Waals surface area contributed by atoms with Crippen molar-refractivity contribution in [1.29, 1.82) is 0 Å². The number of carbonyl (C=O) groups is 1. The first kappa shape index (κ1) is 12.9. The van der Waals surface area contributed by atoms with Crippen LogP contribution in [0.25, 0.3) is 0 Å². The molecule has 0 aliphatic heterocycles. The first-order chi connectivity index (χ1) is 7.65. The minimum atomic E-state index is -0.984. The Morgan fingerprint density at radius 2 is 2.44 bits per heavy atom. The molecule has 1 aromatic heterocycles. The van der Waals surface area contributed by atoms with Crippen molar-refractivity contribution in [2.45, 2.75) is 24.3 Å². The SMILES string of the molecule is CC(CCN)SCc1ncncc1C(=O)O. The quantitative estimate of drug-likeness (QED) is 0.776. The highest BCUT2D eigenvalue weighted by atomic mass is 32.2. The molecule has 0 bridgehead atoms. The average Bonchev–Trinajstić information content (AvgIpc) is 2.27. The lowest BCUT2D eigenvalue weighted by Crippen LogP contribution is -2.09. The molecular formula is C10H15N3O2S. The Kier molecular flexibility index (Phi) is 5.21. The maximum absolute atomic E-state index is 10.9. The van der Waals surface area contributed by atoms with Gasteiger partial charge in [0.25, 0.3) is 0 Å². The molecule has 0 radical (unpaired) electrons. The molecule has 6 heteroatoms. The predicted molar refractivity (Wildman–Crippen MR) is 63.4 cm³/mol. The first-order valence-corrected chi connectivity index (χ1v) is 6.04. The molecule has 0 saturated heterocycles. The lowest BCUT2D eigenvalue weighted by atomic mass is 10.2. The third-order valence-corrected chi connectivity index (χ3v) is 3.35. The van der Waals surface area contributed by atoms with Gasteiger partial charge in [0.1, 0.15) is 11.9 Å². The molecular weight excluding hydrogens is 226 g/mol. The molecule has 3 N–H and O–H groups in total. The summed E-state index contributed by atoms with van der Waals surface area (Å²) in [6, 6.07) is 0. The van der Waals surface area contributed by atoms with Crippen molar-refractivity contribution in [3.05, 3.63) is 23.8 Å². The van der Waals surface area contributed by atoms with E-state index in [4.69, 9.17) is 10.8 Å². The van der Waals surface area contributed by atoms with E-state index in [9.17, 15) is 4.79 Å². The number of carboxylic acid groups (broad SMARTS) is 1. The Bertz CT molecular complexity index is 360. The van der Waals surface area contributed by atoms with Crippen molar-refractivity contribution in [3.63, 3.8) is 0 Å². The molecule has 16 heavy (non-hydrogen) atoms. The number of hydrogen-bond donors (Lipinski definition) is 2. The molecule has 1 rings (SSSR count). The van der Waals surface area contributed by atoms with Crippen LogP contribution in [0.1, 0.15) is 29.4 Å². The molecule has 0 saturated carbocycles. The van der Waals surface area contributed by atoms with Gasteiger partial charge in [0.2, 0.25) is 0 Å². The first-order valence-electron chi connectivity index (χ1n) is 4.99. The van der Waals surface area contributed by atoms with E-state index in [0.29, 0.717) is 23.2 Å². The van der Waals surface area contributed by atoms with Gasteiger partial charge < -0.3 is 10.8 Å². The molecule has 0 aliphatic carbocycles. The molecule has 0 amide bonds. The Morgan fingerprint density at radius 1 is 1.69 bits per heavy atom. The molecule has 1 atom stereocenters. The van der Waals surface area contributed by atoms with Gasteiger partial charge in [0.05, 0.1) is 5.69 Å². The van der Waals surface area contributed by atoms with Crippen molar-refractivity contribution < 1.29 is 9.90 Å². The van der Waals surface area contributed by atoms with E-state index in [0.717, 1.165) is 6.42 Å². The highest BCUT2D eigenvalue weighted by Crippen LogP contribution is 2.20. The van der Waals surface area contributed by atoms with E-state index in [1.165, 1.54) is 12.5 Å². The number of carboxylic acids is 1. The van der Waals surface area contributed by atoms with E-state index < -0.39 is 5.97 Å². The second-order valence-corrected chi connectivity index (χ2v) is 4.81. The molecule has 5 nitrogen and oxygen atoms in total. The van der Waals surface area contributed by atoms with Crippen molar-refractivity contribution in [2.75, 3.05) is 6.54 Å². The predicted octanol–water partition coefficient (Wildman–Crippen LogP) is 1.15. The number of rotatable bonds is 6. The summed E-state index contributed by atoms with van der Waals surface area (Å²) in [6.45, 7) is 2.71. The van der Waals surface area contributed by atoms with E-state index in [2.05, 4.69) is 16.9 Å². The standard InChI is InChI=1S/C10H15N3O2S/c1-7(2-3-11)16-5-9-8(10(14)15)4-12-6-13-9/h4,6-7H,2-3,5,11H2,1H3,(H,14,15). The second kappa shape index (κ2) is 6.44. The van der Waals surface area contributed by atoms with Crippen molar-refractivity contribution in [1.82, 2.24) is 9.97 Å². The molecule has 1 aromatic rings. The molecule has 0 aliphatic rings. The minimum absolute atomic E-state index is 0.176. The van der Waals surface area contributed by atoms with Crippen LogP contribution in [0.2, 0.25) is 0 Å². The highest BCUT2D eigenvalue weighted by molar-refractivity contribution is 7.99. The number of nitrogens with two attached hydrogens (primary N) is 1. The van der Waals surface area contributed by atoms with Crippen molar-refractivity contribution in [3.8, 4) is 0 Å². The number of aromatic nitrogens is 2. The largest absolute Gasteiger partial charge is 0.478 e. The van der Waals surface area contributed by atoms with Crippen LogP contribution in [0, 0.1) is 0 Å². The van der Waals surface area contributed by atoms with E-state index >= 15 is 0 Å². The second-order valence-electron chi connectivity index (χ2n) is 3.39. The topological polar surface area (TPSA) is 89.1 Å². The van der Waals surface area contributed by atoms with Gasteiger partial charge in [-0.2, -0.15) is 11.8 Å². The normalized spacial score (nSPS) is 12.4. The summed E-state index contributed by atoms with van der Waals surface area (Å²) in [5.41, 5.74) is 6.19. The van der Waals surface area contributed by atoms with E-state index in [1.54, 1.807) is 11.8 Å². The van der Waals surface area contributed by atoms with Gasteiger partial charge in [0.15, 0.2) is 0 Å². The van der Waals surface area contributed by atoms with Gasteiger partial charge in [-0.15, -0.1) is 0 Å². The Morgan fingerprint density at radius 3 is 3.06 bits per heavy atom.